The van der Waals surface area contributed by atoms with Gasteiger partial charge in [0.2, 0.25) is 15.9 Å². The third-order valence-electron chi connectivity index (χ3n) is 3.78. The highest BCUT2D eigenvalue weighted by Crippen LogP contribution is 2.33. The van der Waals surface area contributed by atoms with Gasteiger partial charge >= 0.3 is 0 Å². The first-order valence-corrected chi connectivity index (χ1v) is 9.23. The molecule has 1 aliphatic rings. The van der Waals surface area contributed by atoms with Gasteiger partial charge in [0.15, 0.2) is 5.78 Å². The number of amides is 1. The number of Topliss-reactive ketones (excluding diaryl/α,β-unsaturated/α-hetero) is 1. The molecule has 1 amide bonds. The van der Waals surface area contributed by atoms with E-state index in [0.29, 0.717) is 16.9 Å². The fourth-order valence-electron chi connectivity index (χ4n) is 2.80. The van der Waals surface area contributed by atoms with E-state index >= 15 is 0 Å². The average Bonchev–Trinajstić information content (AvgIpc) is 2.84. The van der Waals surface area contributed by atoms with Gasteiger partial charge in [0.05, 0.1) is 17.9 Å². The van der Waals surface area contributed by atoms with E-state index in [0.717, 1.165) is 11.8 Å². The van der Waals surface area contributed by atoms with E-state index in [1.807, 2.05) is 0 Å². The molecule has 0 bridgehead atoms. The maximum atomic E-state index is 12.5. The topological polar surface area (TPSA) is 92.3 Å². The smallest absolute Gasteiger partial charge is 0.232 e. The zero-order valence-corrected chi connectivity index (χ0v) is 13.8. The van der Waals surface area contributed by atoms with Gasteiger partial charge in [-0.05, 0) is 23.8 Å². The monoisotopic (exact) mass is 344 g/mol. The van der Waals surface area contributed by atoms with Crippen molar-refractivity contribution in [3.8, 4) is 0 Å². The van der Waals surface area contributed by atoms with Crippen LogP contribution in [0, 0.1) is 0 Å². The Morgan fingerprint density at radius 3 is 2.54 bits per heavy atom. The Kier molecular flexibility index (Phi) is 4.11. The number of carbonyl (C=O) groups is 2. The molecule has 124 valence electrons. The summed E-state index contributed by atoms with van der Waals surface area (Å²) in [4.78, 5) is 24.5. The summed E-state index contributed by atoms with van der Waals surface area (Å²) >= 11 is 0. The summed E-state index contributed by atoms with van der Waals surface area (Å²) in [5, 5.41) is 2.75. The van der Waals surface area contributed by atoms with Crippen LogP contribution in [0.2, 0.25) is 0 Å². The Labute approximate surface area is 139 Å². The molecule has 24 heavy (non-hydrogen) atoms. The molecular formula is C17H16N2O4S. The molecule has 2 aromatic carbocycles. The van der Waals surface area contributed by atoms with Gasteiger partial charge in [-0.1, -0.05) is 30.3 Å². The lowest BCUT2D eigenvalue weighted by Gasteiger charge is -2.12. The van der Waals surface area contributed by atoms with E-state index in [9.17, 15) is 18.0 Å². The van der Waals surface area contributed by atoms with Crippen LogP contribution in [0.15, 0.2) is 48.5 Å². The molecule has 2 aromatic rings. The second-order valence-electron chi connectivity index (χ2n) is 5.71. The highest BCUT2D eigenvalue weighted by Gasteiger charge is 2.33. The SMILES string of the molecule is CS(=O)(=O)Nc1cccc(NC(=O)[C@@H]2CC(=O)c3ccccc32)c1. The van der Waals surface area contributed by atoms with Crippen molar-refractivity contribution >= 4 is 33.1 Å². The van der Waals surface area contributed by atoms with Gasteiger partial charge < -0.3 is 5.32 Å². The summed E-state index contributed by atoms with van der Waals surface area (Å²) in [6.45, 7) is 0. The largest absolute Gasteiger partial charge is 0.325 e. The molecule has 0 saturated heterocycles. The van der Waals surface area contributed by atoms with Gasteiger partial charge in [0, 0.05) is 17.7 Å². The standard InChI is InChI=1S/C17H16N2O4S/c1-24(22,23)19-12-6-4-5-11(9-12)18-17(21)15-10-16(20)14-8-3-2-7-13(14)15/h2-9,15,19H,10H2,1H3,(H,18,21)/t15-/m1/s1. The predicted molar refractivity (Wildman–Crippen MR) is 91.7 cm³/mol. The molecule has 7 heteroatoms. The molecule has 1 atom stereocenters. The number of carbonyl (C=O) groups excluding carboxylic acids is 2. The van der Waals surface area contributed by atoms with Crippen molar-refractivity contribution in [2.24, 2.45) is 0 Å². The Balaban J connectivity index is 1.79. The number of sulfonamides is 1. The van der Waals surface area contributed by atoms with Crippen LogP contribution in [-0.2, 0) is 14.8 Å². The number of anilines is 2. The molecule has 3 rings (SSSR count). The Hall–Kier alpha value is -2.67. The summed E-state index contributed by atoms with van der Waals surface area (Å²) in [5.41, 5.74) is 2.14. The van der Waals surface area contributed by atoms with E-state index in [1.165, 1.54) is 6.07 Å². The van der Waals surface area contributed by atoms with Crippen LogP contribution < -0.4 is 10.0 Å². The van der Waals surface area contributed by atoms with Gasteiger partial charge in [-0.25, -0.2) is 8.42 Å². The van der Waals surface area contributed by atoms with Crippen molar-refractivity contribution in [1.29, 1.82) is 0 Å². The van der Waals surface area contributed by atoms with Crippen LogP contribution >= 0.6 is 0 Å². The molecule has 0 aliphatic heterocycles. The van der Waals surface area contributed by atoms with Crippen LogP contribution in [0.5, 0.6) is 0 Å². The highest BCUT2D eigenvalue weighted by atomic mass is 32.2. The zero-order valence-electron chi connectivity index (χ0n) is 12.9. The fourth-order valence-corrected chi connectivity index (χ4v) is 3.35. The van der Waals surface area contributed by atoms with Gasteiger partial charge in [0.1, 0.15) is 0 Å². The number of benzene rings is 2. The first kappa shape index (κ1) is 16.2. The molecule has 0 saturated carbocycles. The quantitative estimate of drug-likeness (QED) is 0.890. The second kappa shape index (κ2) is 6.09. The minimum Gasteiger partial charge on any atom is -0.325 e. The summed E-state index contributed by atoms with van der Waals surface area (Å²) in [5.74, 6) is -0.858. The van der Waals surface area contributed by atoms with Crippen LogP contribution in [0.4, 0.5) is 11.4 Å². The Bertz CT molecular complexity index is 922. The second-order valence-corrected chi connectivity index (χ2v) is 7.46. The molecule has 2 N–H and O–H groups in total. The van der Waals surface area contributed by atoms with Crippen molar-refractivity contribution in [3.05, 3.63) is 59.7 Å². The summed E-state index contributed by atoms with van der Waals surface area (Å²) in [6, 6.07) is 13.5. The lowest BCUT2D eigenvalue weighted by Crippen LogP contribution is -2.19. The van der Waals surface area contributed by atoms with Gasteiger partial charge in [-0.2, -0.15) is 0 Å². The lowest BCUT2D eigenvalue weighted by molar-refractivity contribution is -0.117. The van der Waals surface area contributed by atoms with Crippen molar-refractivity contribution < 1.29 is 18.0 Å². The van der Waals surface area contributed by atoms with E-state index in [4.69, 9.17) is 0 Å². The number of hydrogen-bond acceptors (Lipinski definition) is 4. The number of rotatable bonds is 4. The average molecular weight is 344 g/mol. The maximum absolute atomic E-state index is 12.5. The van der Waals surface area contributed by atoms with Crippen molar-refractivity contribution in [2.75, 3.05) is 16.3 Å². The Morgan fingerprint density at radius 2 is 1.79 bits per heavy atom. The minimum atomic E-state index is -3.39. The van der Waals surface area contributed by atoms with E-state index in [2.05, 4.69) is 10.0 Å². The lowest BCUT2D eigenvalue weighted by atomic mass is 10.0. The molecule has 0 spiro atoms. The highest BCUT2D eigenvalue weighted by molar-refractivity contribution is 7.92. The van der Waals surface area contributed by atoms with Gasteiger partial charge in [-0.3, -0.25) is 14.3 Å². The van der Waals surface area contributed by atoms with E-state index < -0.39 is 15.9 Å². The third-order valence-corrected chi connectivity index (χ3v) is 4.38. The number of fused-ring (bicyclic) bond motifs is 1. The summed E-state index contributed by atoms with van der Waals surface area (Å²) in [7, 11) is -3.39. The third kappa shape index (κ3) is 3.46. The van der Waals surface area contributed by atoms with Crippen molar-refractivity contribution in [1.82, 2.24) is 0 Å². The first-order valence-electron chi connectivity index (χ1n) is 7.34. The number of hydrogen-bond donors (Lipinski definition) is 2. The first-order chi connectivity index (χ1) is 11.3. The molecule has 0 heterocycles. The predicted octanol–water partition coefficient (Wildman–Crippen LogP) is 2.37. The normalized spacial score (nSPS) is 16.5. The zero-order chi connectivity index (χ0) is 17.3. The molecule has 1 aliphatic carbocycles. The fraction of sp³-hybridized carbons (Fsp3) is 0.176. The van der Waals surface area contributed by atoms with Crippen molar-refractivity contribution in [3.63, 3.8) is 0 Å². The minimum absolute atomic E-state index is 0.0433. The van der Waals surface area contributed by atoms with Crippen molar-refractivity contribution in [2.45, 2.75) is 12.3 Å². The number of ketones is 1. The van der Waals surface area contributed by atoms with Crippen LogP contribution in [-0.4, -0.2) is 26.4 Å². The molecule has 0 radical (unpaired) electrons. The molecule has 0 aromatic heterocycles. The van der Waals surface area contributed by atoms with Gasteiger partial charge in [-0.15, -0.1) is 0 Å². The molecular weight excluding hydrogens is 328 g/mol. The maximum Gasteiger partial charge on any atom is 0.232 e. The van der Waals surface area contributed by atoms with Crippen LogP contribution in [0.3, 0.4) is 0 Å². The summed E-state index contributed by atoms with van der Waals surface area (Å²) < 4.78 is 24.9. The molecule has 6 nitrogen and oxygen atoms in total. The van der Waals surface area contributed by atoms with Crippen LogP contribution in [0.25, 0.3) is 0 Å². The Morgan fingerprint density at radius 1 is 1.08 bits per heavy atom. The van der Waals surface area contributed by atoms with Gasteiger partial charge in [0.25, 0.3) is 0 Å². The van der Waals surface area contributed by atoms with Crippen LogP contribution in [0.1, 0.15) is 28.3 Å². The molecule has 0 unspecified atom stereocenters. The number of nitrogens with one attached hydrogen (secondary N) is 2. The van der Waals surface area contributed by atoms with E-state index in [-0.39, 0.29) is 18.1 Å². The molecule has 0 fully saturated rings. The van der Waals surface area contributed by atoms with E-state index in [1.54, 1.807) is 42.5 Å². The summed E-state index contributed by atoms with van der Waals surface area (Å²) in [6.07, 6.45) is 1.20.